The molecule has 5 rings (SSSR count). The Balaban J connectivity index is 1.26. The maximum Gasteiger partial charge on any atom is 0.415 e. The Bertz CT molecular complexity index is 1100. The number of halogens is 2. The highest BCUT2D eigenvalue weighted by molar-refractivity contribution is 6.30. The van der Waals surface area contributed by atoms with Crippen molar-refractivity contribution in [2.24, 2.45) is 5.92 Å². The first-order chi connectivity index (χ1) is 18.4. The summed E-state index contributed by atoms with van der Waals surface area (Å²) in [6, 6.07) is 13.2. The SMILES string of the molecule is CN(C(=O)Oc1ccc(F)cc1)C1CN(C(=O)C2CCN(C3CCOCC3)CC2)CC1c1ccc(Cl)cc1. The summed E-state index contributed by atoms with van der Waals surface area (Å²) in [5.74, 6) is -0.0482. The van der Waals surface area contributed by atoms with Crippen LogP contribution in [0.5, 0.6) is 5.75 Å². The quantitative estimate of drug-likeness (QED) is 0.542. The van der Waals surface area contributed by atoms with Crippen LogP contribution in [0.1, 0.15) is 37.2 Å². The molecule has 2 unspecified atom stereocenters. The lowest BCUT2D eigenvalue weighted by Crippen LogP contribution is -2.47. The van der Waals surface area contributed by atoms with Gasteiger partial charge in [-0.25, -0.2) is 9.18 Å². The number of amides is 2. The molecule has 3 aliphatic heterocycles. The zero-order chi connectivity index (χ0) is 26.6. The minimum atomic E-state index is -0.542. The zero-order valence-electron chi connectivity index (χ0n) is 21.7. The highest BCUT2D eigenvalue weighted by atomic mass is 35.5. The van der Waals surface area contributed by atoms with Crippen LogP contribution in [0.3, 0.4) is 0 Å². The fourth-order valence-electron chi connectivity index (χ4n) is 6.03. The minimum absolute atomic E-state index is 0.00724. The molecular weight excluding hydrogens is 509 g/mol. The molecular formula is C29H35ClFN3O4. The summed E-state index contributed by atoms with van der Waals surface area (Å²) < 4.78 is 24.3. The molecule has 3 heterocycles. The third-order valence-corrected chi connectivity index (χ3v) is 8.54. The van der Waals surface area contributed by atoms with Crippen molar-refractivity contribution in [1.29, 1.82) is 0 Å². The third-order valence-electron chi connectivity index (χ3n) is 8.29. The van der Waals surface area contributed by atoms with Crippen LogP contribution in [0.2, 0.25) is 5.02 Å². The molecule has 0 bridgehead atoms. The van der Waals surface area contributed by atoms with E-state index in [1.54, 1.807) is 11.9 Å². The molecule has 3 saturated heterocycles. The Morgan fingerprint density at radius 2 is 1.63 bits per heavy atom. The molecule has 0 aliphatic carbocycles. The van der Waals surface area contributed by atoms with Crippen molar-refractivity contribution < 1.29 is 23.5 Å². The normalized spacial score (nSPS) is 23.4. The van der Waals surface area contributed by atoms with Gasteiger partial charge in [0.05, 0.1) is 6.04 Å². The predicted octanol–water partition coefficient (Wildman–Crippen LogP) is 4.80. The first kappa shape index (κ1) is 26.9. The van der Waals surface area contributed by atoms with E-state index in [2.05, 4.69) is 4.90 Å². The maximum atomic E-state index is 13.7. The van der Waals surface area contributed by atoms with Gasteiger partial charge in [-0.15, -0.1) is 0 Å². The van der Waals surface area contributed by atoms with Crippen molar-refractivity contribution in [2.45, 2.75) is 43.7 Å². The van der Waals surface area contributed by atoms with Crippen LogP contribution in [-0.4, -0.2) is 85.2 Å². The third kappa shape index (κ3) is 6.14. The summed E-state index contributed by atoms with van der Waals surface area (Å²) in [7, 11) is 1.69. The second-order valence-electron chi connectivity index (χ2n) is 10.6. The molecule has 7 nitrogen and oxygen atoms in total. The monoisotopic (exact) mass is 543 g/mol. The number of piperidine rings is 1. The van der Waals surface area contributed by atoms with Crippen LogP contribution in [0.15, 0.2) is 48.5 Å². The molecule has 3 fully saturated rings. The van der Waals surface area contributed by atoms with Crippen LogP contribution in [-0.2, 0) is 9.53 Å². The van der Waals surface area contributed by atoms with Crippen molar-refractivity contribution in [1.82, 2.24) is 14.7 Å². The summed E-state index contributed by atoms with van der Waals surface area (Å²) in [6.45, 7) is 4.47. The van der Waals surface area contributed by atoms with Gasteiger partial charge in [-0.3, -0.25) is 4.79 Å². The Labute approximate surface area is 228 Å². The van der Waals surface area contributed by atoms with E-state index in [0.29, 0.717) is 24.2 Å². The number of nitrogens with zero attached hydrogens (tertiary/aromatic N) is 3. The summed E-state index contributed by atoms with van der Waals surface area (Å²) in [5, 5.41) is 0.636. The van der Waals surface area contributed by atoms with Crippen LogP contribution in [0.4, 0.5) is 9.18 Å². The van der Waals surface area contributed by atoms with Gasteiger partial charge in [0.25, 0.3) is 0 Å². The predicted molar refractivity (Wildman–Crippen MR) is 143 cm³/mol. The lowest BCUT2D eigenvalue weighted by molar-refractivity contribution is -0.136. The molecule has 0 radical (unpaired) electrons. The van der Waals surface area contributed by atoms with Crippen LogP contribution < -0.4 is 4.74 Å². The number of carbonyl (C=O) groups excluding carboxylic acids is 2. The van der Waals surface area contributed by atoms with Crippen LogP contribution >= 0.6 is 11.6 Å². The maximum absolute atomic E-state index is 13.7. The Morgan fingerprint density at radius 3 is 2.29 bits per heavy atom. The fourth-order valence-corrected chi connectivity index (χ4v) is 6.15. The molecule has 0 spiro atoms. The molecule has 2 aromatic carbocycles. The molecule has 204 valence electrons. The number of likely N-dealkylation sites (tertiary alicyclic amines) is 2. The minimum Gasteiger partial charge on any atom is -0.410 e. The zero-order valence-corrected chi connectivity index (χ0v) is 22.5. The number of hydrogen-bond acceptors (Lipinski definition) is 5. The first-order valence-corrected chi connectivity index (χ1v) is 13.8. The summed E-state index contributed by atoms with van der Waals surface area (Å²) in [5.41, 5.74) is 1.02. The van der Waals surface area contributed by atoms with E-state index in [0.717, 1.165) is 57.6 Å². The molecule has 9 heteroatoms. The summed E-state index contributed by atoms with van der Waals surface area (Å²) in [6.07, 6.45) is 3.29. The largest absolute Gasteiger partial charge is 0.415 e. The van der Waals surface area contributed by atoms with Crippen LogP contribution in [0, 0.1) is 11.7 Å². The standard InChI is InChI=1S/C29H35ClFN3O4/c1-32(29(36)38-25-8-6-23(31)7-9-25)27-19-34(18-26(27)20-2-4-22(30)5-3-20)28(35)21-10-14-33(15-11-21)24-12-16-37-17-13-24/h2-9,21,24,26-27H,10-19H2,1H3. The lowest BCUT2D eigenvalue weighted by Gasteiger charge is -2.39. The van der Waals surface area contributed by atoms with Crippen molar-refractivity contribution in [3.05, 3.63) is 64.9 Å². The van der Waals surface area contributed by atoms with Crippen molar-refractivity contribution in [2.75, 3.05) is 46.4 Å². The van der Waals surface area contributed by atoms with E-state index in [1.807, 2.05) is 29.2 Å². The van der Waals surface area contributed by atoms with Crippen molar-refractivity contribution >= 4 is 23.6 Å². The van der Waals surface area contributed by atoms with Gasteiger partial charge in [0, 0.05) is 56.3 Å². The van der Waals surface area contributed by atoms with E-state index < -0.39 is 11.9 Å². The lowest BCUT2D eigenvalue weighted by atomic mass is 9.92. The number of rotatable bonds is 5. The van der Waals surface area contributed by atoms with E-state index >= 15 is 0 Å². The molecule has 3 aliphatic rings. The number of hydrogen-bond donors (Lipinski definition) is 0. The molecule has 38 heavy (non-hydrogen) atoms. The second kappa shape index (κ2) is 12.0. The first-order valence-electron chi connectivity index (χ1n) is 13.5. The number of ether oxygens (including phenoxy) is 2. The molecule has 0 N–H and O–H groups in total. The summed E-state index contributed by atoms with van der Waals surface area (Å²) >= 11 is 6.13. The topological polar surface area (TPSA) is 62.3 Å². The average molecular weight is 544 g/mol. The smallest absolute Gasteiger partial charge is 0.410 e. The highest BCUT2D eigenvalue weighted by Crippen LogP contribution is 2.34. The van der Waals surface area contributed by atoms with Crippen LogP contribution in [0.25, 0.3) is 0 Å². The van der Waals surface area contributed by atoms with Gasteiger partial charge in [-0.05, 0) is 80.7 Å². The fraction of sp³-hybridized carbons (Fsp3) is 0.517. The van der Waals surface area contributed by atoms with Gasteiger partial charge in [0.2, 0.25) is 5.91 Å². The van der Waals surface area contributed by atoms with Gasteiger partial charge in [0.15, 0.2) is 0 Å². The van der Waals surface area contributed by atoms with Gasteiger partial charge in [-0.1, -0.05) is 23.7 Å². The molecule has 2 aromatic rings. The van der Waals surface area contributed by atoms with E-state index in [1.165, 1.54) is 24.3 Å². The molecule has 2 amide bonds. The van der Waals surface area contributed by atoms with Gasteiger partial charge in [-0.2, -0.15) is 0 Å². The molecule has 2 atom stereocenters. The van der Waals surface area contributed by atoms with Crippen molar-refractivity contribution in [3.8, 4) is 5.75 Å². The van der Waals surface area contributed by atoms with E-state index in [4.69, 9.17) is 21.1 Å². The summed E-state index contributed by atoms with van der Waals surface area (Å²) in [4.78, 5) is 32.7. The van der Waals surface area contributed by atoms with E-state index in [-0.39, 0.29) is 29.5 Å². The van der Waals surface area contributed by atoms with E-state index in [9.17, 15) is 14.0 Å². The molecule has 0 saturated carbocycles. The Morgan fingerprint density at radius 1 is 0.974 bits per heavy atom. The molecule has 0 aromatic heterocycles. The number of benzene rings is 2. The second-order valence-corrected chi connectivity index (χ2v) is 11.0. The Hall–Kier alpha value is -2.68. The van der Waals surface area contributed by atoms with Gasteiger partial charge < -0.3 is 24.2 Å². The Kier molecular flexibility index (Phi) is 8.51. The number of carbonyl (C=O) groups is 2. The van der Waals surface area contributed by atoms with Gasteiger partial charge in [0.1, 0.15) is 11.6 Å². The highest BCUT2D eigenvalue weighted by Gasteiger charge is 2.42. The van der Waals surface area contributed by atoms with Gasteiger partial charge >= 0.3 is 6.09 Å². The van der Waals surface area contributed by atoms with Crippen molar-refractivity contribution in [3.63, 3.8) is 0 Å². The number of likely N-dealkylation sites (N-methyl/N-ethyl adjacent to an activating group) is 1. The average Bonchev–Trinajstić information content (AvgIpc) is 3.40.